The van der Waals surface area contributed by atoms with Gasteiger partial charge in [0, 0.05) is 13.2 Å². The highest BCUT2D eigenvalue weighted by atomic mass is 16.5. The van der Waals surface area contributed by atoms with Gasteiger partial charge in [-0.15, -0.1) is 0 Å². The molecule has 2 N–H and O–H groups in total. The summed E-state index contributed by atoms with van der Waals surface area (Å²) < 4.78 is 11.0. The van der Waals surface area contributed by atoms with Crippen molar-refractivity contribution < 1.29 is 9.47 Å². The summed E-state index contributed by atoms with van der Waals surface area (Å²) in [7, 11) is 0. The van der Waals surface area contributed by atoms with E-state index in [1.165, 1.54) is 5.56 Å². The molecule has 0 spiro atoms. The predicted molar refractivity (Wildman–Crippen MR) is 70.2 cm³/mol. The average molecular weight is 237 g/mol. The first-order chi connectivity index (χ1) is 8.13. The molecule has 0 saturated carbocycles. The van der Waals surface area contributed by atoms with Crippen LogP contribution in [0.5, 0.6) is 5.75 Å². The molecule has 3 heteroatoms. The molecule has 0 aliphatic heterocycles. The molecule has 96 valence electrons. The third kappa shape index (κ3) is 5.20. The number of benzene rings is 1. The van der Waals surface area contributed by atoms with E-state index < -0.39 is 0 Å². The van der Waals surface area contributed by atoms with Crippen molar-refractivity contribution in [1.29, 1.82) is 0 Å². The van der Waals surface area contributed by atoms with Crippen molar-refractivity contribution in [3.05, 3.63) is 29.3 Å². The largest absolute Gasteiger partial charge is 0.491 e. The topological polar surface area (TPSA) is 44.5 Å². The molecule has 1 rings (SSSR count). The lowest BCUT2D eigenvalue weighted by Crippen LogP contribution is -2.10. The smallest absolute Gasteiger partial charge is 0.119 e. The van der Waals surface area contributed by atoms with E-state index in [1.807, 2.05) is 25.1 Å². The first-order valence-corrected chi connectivity index (χ1v) is 6.13. The maximum atomic E-state index is 5.61. The maximum absolute atomic E-state index is 5.61. The van der Waals surface area contributed by atoms with Crippen LogP contribution in [-0.2, 0) is 11.3 Å². The van der Waals surface area contributed by atoms with Gasteiger partial charge in [0.25, 0.3) is 0 Å². The van der Waals surface area contributed by atoms with E-state index in [4.69, 9.17) is 15.2 Å². The standard InChI is InChI=1S/C14H23NO2/c1-11(2)10-16-6-7-17-14-5-4-13(9-15)12(3)8-14/h4-5,8,11H,6-7,9-10,15H2,1-3H3. The Labute approximate surface area is 104 Å². The van der Waals surface area contributed by atoms with E-state index in [1.54, 1.807) is 0 Å². The molecular formula is C14H23NO2. The van der Waals surface area contributed by atoms with Crippen LogP contribution in [0.25, 0.3) is 0 Å². The Bertz CT molecular complexity index is 337. The minimum atomic E-state index is 0.570. The maximum Gasteiger partial charge on any atom is 0.119 e. The number of hydrogen-bond acceptors (Lipinski definition) is 3. The zero-order valence-electron chi connectivity index (χ0n) is 11.0. The fraction of sp³-hybridized carbons (Fsp3) is 0.571. The number of hydrogen-bond donors (Lipinski definition) is 1. The van der Waals surface area contributed by atoms with Crippen LogP contribution in [0.2, 0.25) is 0 Å². The minimum Gasteiger partial charge on any atom is -0.491 e. The number of ether oxygens (including phenoxy) is 2. The summed E-state index contributed by atoms with van der Waals surface area (Å²) in [5.41, 5.74) is 7.94. The van der Waals surface area contributed by atoms with E-state index in [2.05, 4.69) is 13.8 Å². The molecule has 0 heterocycles. The Hall–Kier alpha value is -1.06. The molecular weight excluding hydrogens is 214 g/mol. The van der Waals surface area contributed by atoms with Gasteiger partial charge in [0.15, 0.2) is 0 Å². The Morgan fingerprint density at radius 1 is 1.24 bits per heavy atom. The van der Waals surface area contributed by atoms with Gasteiger partial charge >= 0.3 is 0 Å². The van der Waals surface area contributed by atoms with Crippen LogP contribution >= 0.6 is 0 Å². The minimum absolute atomic E-state index is 0.570. The van der Waals surface area contributed by atoms with Crippen molar-refractivity contribution in [1.82, 2.24) is 0 Å². The highest BCUT2D eigenvalue weighted by Crippen LogP contribution is 2.16. The monoisotopic (exact) mass is 237 g/mol. The van der Waals surface area contributed by atoms with E-state index in [0.717, 1.165) is 17.9 Å². The highest BCUT2D eigenvalue weighted by molar-refractivity contribution is 5.34. The Kier molecular flexibility index (Phi) is 6.01. The predicted octanol–water partition coefficient (Wildman–Crippen LogP) is 2.51. The average Bonchev–Trinajstić information content (AvgIpc) is 2.28. The Morgan fingerprint density at radius 2 is 2.00 bits per heavy atom. The summed E-state index contributed by atoms with van der Waals surface area (Å²) >= 11 is 0. The van der Waals surface area contributed by atoms with Gasteiger partial charge in [-0.1, -0.05) is 19.9 Å². The summed E-state index contributed by atoms with van der Waals surface area (Å²) in [4.78, 5) is 0. The molecule has 0 fully saturated rings. The van der Waals surface area contributed by atoms with Crippen molar-refractivity contribution in [2.45, 2.75) is 27.3 Å². The molecule has 17 heavy (non-hydrogen) atoms. The molecule has 1 aromatic rings. The second-order valence-corrected chi connectivity index (χ2v) is 4.61. The zero-order chi connectivity index (χ0) is 12.7. The van der Waals surface area contributed by atoms with E-state index in [9.17, 15) is 0 Å². The van der Waals surface area contributed by atoms with Gasteiger partial charge in [-0.25, -0.2) is 0 Å². The van der Waals surface area contributed by atoms with E-state index >= 15 is 0 Å². The highest BCUT2D eigenvalue weighted by Gasteiger charge is 1.99. The fourth-order valence-corrected chi connectivity index (χ4v) is 1.52. The van der Waals surface area contributed by atoms with Crippen LogP contribution in [0.3, 0.4) is 0 Å². The zero-order valence-corrected chi connectivity index (χ0v) is 11.0. The van der Waals surface area contributed by atoms with Crippen LogP contribution < -0.4 is 10.5 Å². The molecule has 0 atom stereocenters. The third-order valence-corrected chi connectivity index (χ3v) is 2.48. The van der Waals surface area contributed by atoms with Gasteiger partial charge in [0.05, 0.1) is 6.61 Å². The van der Waals surface area contributed by atoms with E-state index in [-0.39, 0.29) is 0 Å². The number of nitrogens with two attached hydrogens (primary N) is 1. The van der Waals surface area contributed by atoms with Crippen molar-refractivity contribution in [3.63, 3.8) is 0 Å². The third-order valence-electron chi connectivity index (χ3n) is 2.48. The van der Waals surface area contributed by atoms with Gasteiger partial charge in [-0.05, 0) is 36.1 Å². The number of rotatable bonds is 7. The molecule has 0 radical (unpaired) electrons. The molecule has 3 nitrogen and oxygen atoms in total. The van der Waals surface area contributed by atoms with Gasteiger partial charge in [0.2, 0.25) is 0 Å². The van der Waals surface area contributed by atoms with Crippen LogP contribution in [0, 0.1) is 12.8 Å². The number of aryl methyl sites for hydroxylation is 1. The van der Waals surface area contributed by atoms with Gasteiger partial charge < -0.3 is 15.2 Å². The lowest BCUT2D eigenvalue weighted by molar-refractivity contribution is 0.0819. The molecule has 0 unspecified atom stereocenters. The van der Waals surface area contributed by atoms with Crippen LogP contribution in [-0.4, -0.2) is 19.8 Å². The van der Waals surface area contributed by atoms with Crippen molar-refractivity contribution in [2.24, 2.45) is 11.7 Å². The Morgan fingerprint density at radius 3 is 2.59 bits per heavy atom. The summed E-state index contributed by atoms with van der Waals surface area (Å²) in [5.74, 6) is 1.45. The second-order valence-electron chi connectivity index (χ2n) is 4.61. The lowest BCUT2D eigenvalue weighted by atomic mass is 10.1. The second kappa shape index (κ2) is 7.30. The van der Waals surface area contributed by atoms with Crippen LogP contribution in [0.4, 0.5) is 0 Å². The summed E-state index contributed by atoms with van der Waals surface area (Å²) in [6.45, 7) is 8.90. The molecule has 0 amide bonds. The lowest BCUT2D eigenvalue weighted by Gasteiger charge is -2.10. The van der Waals surface area contributed by atoms with Crippen molar-refractivity contribution >= 4 is 0 Å². The molecule has 0 aliphatic carbocycles. The van der Waals surface area contributed by atoms with Gasteiger partial charge in [-0.2, -0.15) is 0 Å². The first kappa shape index (κ1) is 14.0. The van der Waals surface area contributed by atoms with Gasteiger partial charge in [0.1, 0.15) is 12.4 Å². The van der Waals surface area contributed by atoms with Crippen LogP contribution in [0.15, 0.2) is 18.2 Å². The quantitative estimate of drug-likeness (QED) is 0.741. The van der Waals surface area contributed by atoms with Crippen LogP contribution in [0.1, 0.15) is 25.0 Å². The van der Waals surface area contributed by atoms with Gasteiger partial charge in [-0.3, -0.25) is 0 Å². The van der Waals surface area contributed by atoms with Crippen molar-refractivity contribution in [3.8, 4) is 5.75 Å². The fourth-order valence-electron chi connectivity index (χ4n) is 1.52. The molecule has 0 saturated heterocycles. The molecule has 0 aliphatic rings. The molecule has 0 aromatic heterocycles. The Balaban J connectivity index is 2.30. The normalized spacial score (nSPS) is 10.9. The van der Waals surface area contributed by atoms with E-state index in [0.29, 0.717) is 25.7 Å². The summed E-state index contributed by atoms with van der Waals surface area (Å²) in [6.07, 6.45) is 0. The molecule has 0 bridgehead atoms. The first-order valence-electron chi connectivity index (χ1n) is 6.13. The van der Waals surface area contributed by atoms with Crippen molar-refractivity contribution in [2.75, 3.05) is 19.8 Å². The molecule has 1 aromatic carbocycles. The summed E-state index contributed by atoms with van der Waals surface area (Å²) in [6, 6.07) is 5.99. The summed E-state index contributed by atoms with van der Waals surface area (Å²) in [5, 5.41) is 0. The SMILES string of the molecule is Cc1cc(OCCOCC(C)C)ccc1CN.